The summed E-state index contributed by atoms with van der Waals surface area (Å²) in [4.78, 5) is 7.77. The van der Waals surface area contributed by atoms with Crippen molar-refractivity contribution < 1.29 is 4.74 Å². The molecule has 12 heavy (non-hydrogen) atoms. The molecule has 5 N–H and O–H groups in total. The molecule has 0 saturated carbocycles. The van der Waals surface area contributed by atoms with E-state index in [4.69, 9.17) is 16.2 Å². The van der Waals surface area contributed by atoms with Crippen molar-refractivity contribution in [3.63, 3.8) is 0 Å². The van der Waals surface area contributed by atoms with Crippen molar-refractivity contribution in [1.29, 1.82) is 0 Å². The monoisotopic (exact) mass is 169 g/mol. The number of methoxy groups -OCH3 is 1. The Morgan fingerprint density at radius 1 is 1.33 bits per heavy atom. The van der Waals surface area contributed by atoms with Crippen molar-refractivity contribution in [1.82, 2.24) is 9.97 Å². The number of rotatable bonds is 2. The second-order valence-electron chi connectivity index (χ2n) is 2.11. The molecular formula is C6H11N5O. The van der Waals surface area contributed by atoms with Crippen LogP contribution in [0.3, 0.4) is 0 Å². The smallest absolute Gasteiger partial charge is 0.244 e. The second-order valence-corrected chi connectivity index (χ2v) is 2.11. The van der Waals surface area contributed by atoms with E-state index >= 15 is 0 Å². The number of anilines is 3. The number of nitrogens with one attached hydrogen (secondary N) is 1. The molecule has 1 aromatic rings. The van der Waals surface area contributed by atoms with E-state index in [9.17, 15) is 0 Å². The third-order valence-corrected chi connectivity index (χ3v) is 1.36. The Morgan fingerprint density at radius 3 is 2.50 bits per heavy atom. The van der Waals surface area contributed by atoms with Crippen LogP contribution in [0.5, 0.6) is 5.88 Å². The third-order valence-electron chi connectivity index (χ3n) is 1.36. The van der Waals surface area contributed by atoms with Crippen LogP contribution < -0.4 is 21.5 Å². The molecule has 0 unspecified atom stereocenters. The average Bonchev–Trinajstić information content (AvgIpc) is 2.09. The predicted octanol–water partition coefficient (Wildman–Crippen LogP) is -0.309. The van der Waals surface area contributed by atoms with Gasteiger partial charge in [0.1, 0.15) is 5.69 Å². The maximum Gasteiger partial charge on any atom is 0.244 e. The molecule has 1 rings (SSSR count). The highest BCUT2D eigenvalue weighted by atomic mass is 16.5. The van der Waals surface area contributed by atoms with E-state index in [0.717, 1.165) is 0 Å². The zero-order valence-electron chi connectivity index (χ0n) is 6.96. The summed E-state index contributed by atoms with van der Waals surface area (Å²) in [7, 11) is 3.15. The third kappa shape index (κ3) is 1.31. The zero-order valence-corrected chi connectivity index (χ0v) is 6.96. The first-order valence-electron chi connectivity index (χ1n) is 3.33. The predicted molar refractivity (Wildman–Crippen MR) is 47.0 cm³/mol. The fourth-order valence-electron chi connectivity index (χ4n) is 0.733. The first-order valence-corrected chi connectivity index (χ1v) is 3.33. The number of nitrogen functional groups attached to an aromatic ring is 2. The van der Waals surface area contributed by atoms with Gasteiger partial charge in [-0.25, -0.2) is 0 Å². The summed E-state index contributed by atoms with van der Waals surface area (Å²) in [5.41, 5.74) is 11.3. The maximum absolute atomic E-state index is 5.51. The quantitative estimate of drug-likeness (QED) is 0.561. The first kappa shape index (κ1) is 8.38. The van der Waals surface area contributed by atoms with Crippen molar-refractivity contribution in [2.24, 2.45) is 0 Å². The molecule has 0 fully saturated rings. The molecule has 6 heteroatoms. The van der Waals surface area contributed by atoms with Crippen LogP contribution in [-0.2, 0) is 0 Å². The lowest BCUT2D eigenvalue weighted by Gasteiger charge is -2.06. The second kappa shape index (κ2) is 3.12. The van der Waals surface area contributed by atoms with Gasteiger partial charge in [-0.05, 0) is 0 Å². The van der Waals surface area contributed by atoms with Gasteiger partial charge in [0.25, 0.3) is 0 Å². The molecule has 0 atom stereocenters. The van der Waals surface area contributed by atoms with Crippen LogP contribution >= 0.6 is 0 Å². The summed E-state index contributed by atoms with van der Waals surface area (Å²) >= 11 is 0. The molecule has 0 radical (unpaired) electrons. The molecule has 6 nitrogen and oxygen atoms in total. The van der Waals surface area contributed by atoms with Gasteiger partial charge in [-0.2, -0.15) is 9.97 Å². The zero-order chi connectivity index (χ0) is 9.14. The minimum absolute atomic E-state index is 0.214. The fraction of sp³-hybridized carbons (Fsp3) is 0.333. The molecule has 0 amide bonds. The Hall–Kier alpha value is -1.72. The van der Waals surface area contributed by atoms with Gasteiger partial charge in [-0.3, -0.25) is 0 Å². The van der Waals surface area contributed by atoms with E-state index in [2.05, 4.69) is 15.3 Å². The minimum Gasteiger partial charge on any atom is -0.479 e. The number of nitrogens with zero attached hydrogens (tertiary/aromatic N) is 2. The van der Waals surface area contributed by atoms with Gasteiger partial charge in [0, 0.05) is 7.05 Å². The molecule has 66 valence electrons. The molecule has 0 spiro atoms. The Labute approximate surface area is 69.9 Å². The van der Waals surface area contributed by atoms with Crippen molar-refractivity contribution >= 4 is 17.5 Å². The molecule has 0 aliphatic heterocycles. The lowest BCUT2D eigenvalue weighted by atomic mass is 10.5. The van der Waals surface area contributed by atoms with Crippen LogP contribution in [0.2, 0.25) is 0 Å². The largest absolute Gasteiger partial charge is 0.479 e. The molecule has 0 aliphatic rings. The van der Waals surface area contributed by atoms with Crippen LogP contribution in [0.4, 0.5) is 17.5 Å². The van der Waals surface area contributed by atoms with Crippen LogP contribution in [0.25, 0.3) is 0 Å². The van der Waals surface area contributed by atoms with Crippen LogP contribution in [0, 0.1) is 0 Å². The number of ether oxygens (including phenoxy) is 1. The number of nitrogens with two attached hydrogens (primary N) is 2. The van der Waals surface area contributed by atoms with Crippen molar-refractivity contribution in [3.8, 4) is 5.88 Å². The molecule has 0 aromatic carbocycles. The van der Waals surface area contributed by atoms with Gasteiger partial charge >= 0.3 is 0 Å². The van der Waals surface area contributed by atoms with Crippen LogP contribution in [0.1, 0.15) is 0 Å². The number of hydrogen-bond donors (Lipinski definition) is 3. The van der Waals surface area contributed by atoms with Crippen molar-refractivity contribution in [3.05, 3.63) is 0 Å². The Morgan fingerprint density at radius 2 is 2.00 bits per heavy atom. The van der Waals surface area contributed by atoms with Crippen LogP contribution in [-0.4, -0.2) is 24.1 Å². The highest BCUT2D eigenvalue weighted by Crippen LogP contribution is 2.24. The maximum atomic E-state index is 5.51. The van der Waals surface area contributed by atoms with Crippen molar-refractivity contribution in [2.75, 3.05) is 30.9 Å². The summed E-state index contributed by atoms with van der Waals surface area (Å²) in [6.45, 7) is 0. The lowest BCUT2D eigenvalue weighted by molar-refractivity contribution is 0.400. The summed E-state index contributed by atoms with van der Waals surface area (Å²) in [5, 5.41) is 2.73. The van der Waals surface area contributed by atoms with E-state index < -0.39 is 0 Å². The Bertz CT molecular complexity index is 288. The molecule has 0 saturated heterocycles. The average molecular weight is 169 g/mol. The van der Waals surface area contributed by atoms with E-state index in [0.29, 0.717) is 5.95 Å². The standard InChI is InChI=1S/C6H11N5O/c1-9-6-10-4(8)3(7)5(11-6)12-2/h7H2,1-2H3,(H3,8,9,10,11). The summed E-state index contributed by atoms with van der Waals surface area (Å²) in [6.07, 6.45) is 0. The van der Waals surface area contributed by atoms with Gasteiger partial charge in [0.05, 0.1) is 7.11 Å². The summed E-state index contributed by atoms with van der Waals surface area (Å²) in [5.74, 6) is 0.886. The number of hydrogen-bond acceptors (Lipinski definition) is 6. The van der Waals surface area contributed by atoms with E-state index in [-0.39, 0.29) is 17.4 Å². The van der Waals surface area contributed by atoms with E-state index in [1.54, 1.807) is 7.05 Å². The van der Waals surface area contributed by atoms with Crippen LogP contribution in [0.15, 0.2) is 0 Å². The highest BCUT2D eigenvalue weighted by molar-refractivity contribution is 5.66. The lowest BCUT2D eigenvalue weighted by Crippen LogP contribution is -2.06. The fourth-order valence-corrected chi connectivity index (χ4v) is 0.733. The van der Waals surface area contributed by atoms with Gasteiger partial charge < -0.3 is 21.5 Å². The van der Waals surface area contributed by atoms with Gasteiger partial charge in [-0.15, -0.1) is 0 Å². The number of aromatic nitrogens is 2. The molecule has 0 aliphatic carbocycles. The Kier molecular flexibility index (Phi) is 2.18. The SMILES string of the molecule is CNc1nc(N)c(N)c(OC)n1. The summed E-state index contributed by atoms with van der Waals surface area (Å²) in [6, 6.07) is 0. The van der Waals surface area contributed by atoms with Crippen molar-refractivity contribution in [2.45, 2.75) is 0 Å². The highest BCUT2D eigenvalue weighted by Gasteiger charge is 2.07. The normalized spacial score (nSPS) is 9.50. The molecular weight excluding hydrogens is 158 g/mol. The molecule has 0 bridgehead atoms. The summed E-state index contributed by atoms with van der Waals surface area (Å²) < 4.78 is 4.87. The van der Waals surface area contributed by atoms with E-state index in [1.807, 2.05) is 0 Å². The Balaban J connectivity index is 3.19. The topological polar surface area (TPSA) is 99.1 Å². The molecule has 1 aromatic heterocycles. The van der Waals surface area contributed by atoms with Gasteiger partial charge in [0.2, 0.25) is 11.8 Å². The van der Waals surface area contributed by atoms with Gasteiger partial charge in [0.15, 0.2) is 5.82 Å². The van der Waals surface area contributed by atoms with E-state index in [1.165, 1.54) is 7.11 Å². The minimum atomic E-state index is 0.214. The first-order chi connectivity index (χ1) is 5.69. The van der Waals surface area contributed by atoms with Gasteiger partial charge in [-0.1, -0.05) is 0 Å². The molecule has 1 heterocycles.